The predicted molar refractivity (Wildman–Crippen MR) is 88.9 cm³/mol. The van der Waals surface area contributed by atoms with Crippen LogP contribution in [-0.4, -0.2) is 59.1 Å². The number of allylic oxidation sites excluding steroid dienone is 1. The molecule has 3 aliphatic rings. The Morgan fingerprint density at radius 3 is 2.68 bits per heavy atom. The van der Waals surface area contributed by atoms with E-state index in [1.54, 1.807) is 19.9 Å². The van der Waals surface area contributed by atoms with E-state index in [2.05, 4.69) is 0 Å². The fraction of sp³-hybridized carbons (Fsp3) is 0.778. The lowest BCUT2D eigenvalue weighted by atomic mass is 9.85. The van der Waals surface area contributed by atoms with Gasteiger partial charge in [0.05, 0.1) is 19.0 Å². The average molecular weight is 353 g/mol. The summed E-state index contributed by atoms with van der Waals surface area (Å²) < 4.78 is 10.7. The van der Waals surface area contributed by atoms with Gasteiger partial charge < -0.3 is 24.4 Å². The van der Waals surface area contributed by atoms with Crippen molar-refractivity contribution in [3.63, 3.8) is 0 Å². The summed E-state index contributed by atoms with van der Waals surface area (Å²) in [5.41, 5.74) is -1.29. The molecule has 7 nitrogen and oxygen atoms in total. The summed E-state index contributed by atoms with van der Waals surface area (Å²) in [5.74, 6) is -1.81. The van der Waals surface area contributed by atoms with Gasteiger partial charge in [0.2, 0.25) is 0 Å². The maximum absolute atomic E-state index is 13.0. The summed E-state index contributed by atoms with van der Waals surface area (Å²) in [6, 6.07) is -0.392. The number of quaternary nitrogens is 1. The van der Waals surface area contributed by atoms with Crippen LogP contribution in [0.4, 0.5) is 0 Å². The molecule has 0 radical (unpaired) electrons. The van der Waals surface area contributed by atoms with Gasteiger partial charge in [0, 0.05) is 18.4 Å². The Balaban J connectivity index is 1.92. The van der Waals surface area contributed by atoms with Gasteiger partial charge in [-0.25, -0.2) is 9.59 Å². The first-order valence-corrected chi connectivity index (χ1v) is 9.02. The fourth-order valence-electron chi connectivity index (χ4n) is 4.37. The van der Waals surface area contributed by atoms with E-state index in [0.29, 0.717) is 31.5 Å². The number of hydroxylamine groups is 3. The number of aliphatic hydroxyl groups is 1. The normalized spacial score (nSPS) is 46.8. The minimum absolute atomic E-state index is 0.0825. The molecule has 6 atom stereocenters. The van der Waals surface area contributed by atoms with Crippen LogP contribution in [-0.2, 0) is 19.1 Å². The Morgan fingerprint density at radius 1 is 1.32 bits per heavy atom. The highest BCUT2D eigenvalue weighted by molar-refractivity contribution is 5.89. The summed E-state index contributed by atoms with van der Waals surface area (Å²) in [7, 11) is 0. The zero-order valence-electron chi connectivity index (χ0n) is 15.1. The highest BCUT2D eigenvalue weighted by Gasteiger charge is 2.55. The third-order valence-electron chi connectivity index (χ3n) is 6.27. The van der Waals surface area contributed by atoms with Crippen molar-refractivity contribution < 1.29 is 28.8 Å². The maximum Gasteiger partial charge on any atom is 0.338 e. The maximum atomic E-state index is 13.0. The van der Waals surface area contributed by atoms with E-state index in [0.717, 1.165) is 0 Å². The van der Waals surface area contributed by atoms with Crippen LogP contribution < -0.4 is 0 Å². The van der Waals surface area contributed by atoms with Crippen LogP contribution in [0.5, 0.6) is 0 Å². The summed E-state index contributed by atoms with van der Waals surface area (Å²) in [6.07, 6.45) is 2.57. The third kappa shape index (κ3) is 3.09. The SMILES string of the molecule is CC=C1CC(C)C(C)(O)C(=O)OCC2CC[N+]3([O-])CCC(OC1=O)C23. The lowest BCUT2D eigenvalue weighted by Crippen LogP contribution is -2.50. The molecule has 0 aromatic carbocycles. The molecular weight excluding hydrogens is 326 g/mol. The molecule has 3 rings (SSSR count). The Kier molecular flexibility index (Phi) is 4.68. The van der Waals surface area contributed by atoms with Crippen molar-refractivity contribution in [1.29, 1.82) is 0 Å². The minimum atomic E-state index is -1.70. The number of cyclic esters (lactones) is 1. The quantitative estimate of drug-likeness (QED) is 0.305. The van der Waals surface area contributed by atoms with Gasteiger partial charge in [0.25, 0.3) is 0 Å². The van der Waals surface area contributed by atoms with Crippen molar-refractivity contribution in [2.45, 2.75) is 57.8 Å². The molecule has 6 unspecified atom stereocenters. The van der Waals surface area contributed by atoms with Crippen molar-refractivity contribution >= 4 is 11.9 Å². The van der Waals surface area contributed by atoms with Gasteiger partial charge in [0.15, 0.2) is 11.7 Å². The number of hydrogen-bond donors (Lipinski definition) is 1. The van der Waals surface area contributed by atoms with E-state index in [1.807, 2.05) is 0 Å². The molecule has 1 N–H and O–H groups in total. The number of esters is 2. The molecule has 0 saturated carbocycles. The smallest absolute Gasteiger partial charge is 0.338 e. The standard InChI is InChI=1S/C18H27NO6/c1-4-12-9-11(2)18(3,22)17(21)24-10-13-5-7-19(23)8-6-14(15(13)19)25-16(12)20/h4,11,13-15,22H,5-10H2,1-3H3. The number of ether oxygens (including phenoxy) is 2. The van der Waals surface area contributed by atoms with Crippen molar-refractivity contribution in [2.24, 2.45) is 11.8 Å². The van der Waals surface area contributed by atoms with Crippen LogP contribution in [0, 0.1) is 17.0 Å². The van der Waals surface area contributed by atoms with Crippen LogP contribution in [0.15, 0.2) is 11.6 Å². The van der Waals surface area contributed by atoms with E-state index in [1.165, 1.54) is 6.92 Å². The van der Waals surface area contributed by atoms with Crippen molar-refractivity contribution in [1.82, 2.24) is 0 Å². The summed E-state index contributed by atoms with van der Waals surface area (Å²) >= 11 is 0. The van der Waals surface area contributed by atoms with E-state index in [4.69, 9.17) is 9.47 Å². The average Bonchev–Trinajstić information content (AvgIpc) is 3.05. The molecule has 0 bridgehead atoms. The number of rotatable bonds is 0. The first-order chi connectivity index (χ1) is 11.7. The second-order valence-electron chi connectivity index (χ2n) is 7.84. The Hall–Kier alpha value is -1.44. The van der Waals surface area contributed by atoms with E-state index < -0.39 is 35.6 Å². The van der Waals surface area contributed by atoms with Crippen LogP contribution in [0.3, 0.4) is 0 Å². The number of nitrogens with zero attached hydrogens (tertiary/aromatic N) is 1. The van der Waals surface area contributed by atoms with Crippen LogP contribution >= 0.6 is 0 Å². The van der Waals surface area contributed by atoms with Gasteiger partial charge in [-0.15, -0.1) is 0 Å². The molecule has 0 amide bonds. The Bertz CT molecular complexity index is 600. The molecule has 0 spiro atoms. The van der Waals surface area contributed by atoms with Crippen molar-refractivity contribution in [3.05, 3.63) is 16.9 Å². The molecule has 3 fully saturated rings. The second-order valence-corrected chi connectivity index (χ2v) is 7.84. The third-order valence-corrected chi connectivity index (χ3v) is 6.27. The summed E-state index contributed by atoms with van der Waals surface area (Å²) in [5, 5.41) is 23.5. The molecule has 25 heavy (non-hydrogen) atoms. The molecule has 3 saturated heterocycles. The molecule has 7 heteroatoms. The molecular formula is C18H27NO6. The summed E-state index contributed by atoms with van der Waals surface area (Å²) in [6.45, 7) is 5.79. The van der Waals surface area contributed by atoms with Gasteiger partial charge in [-0.05, 0) is 26.2 Å². The van der Waals surface area contributed by atoms with Crippen molar-refractivity contribution in [3.8, 4) is 0 Å². The van der Waals surface area contributed by atoms with E-state index in [-0.39, 0.29) is 23.6 Å². The van der Waals surface area contributed by atoms with E-state index >= 15 is 0 Å². The van der Waals surface area contributed by atoms with Crippen LogP contribution in [0.25, 0.3) is 0 Å². The predicted octanol–water partition coefficient (Wildman–Crippen LogP) is 1.29. The zero-order chi connectivity index (χ0) is 18.4. The lowest BCUT2D eigenvalue weighted by molar-refractivity contribution is -0.882. The topological polar surface area (TPSA) is 95.9 Å². The largest absolute Gasteiger partial charge is 0.632 e. The molecule has 0 aromatic heterocycles. The van der Waals surface area contributed by atoms with Crippen LogP contribution in [0.2, 0.25) is 0 Å². The molecule has 140 valence electrons. The molecule has 0 aliphatic carbocycles. The Labute approximate surface area is 147 Å². The Morgan fingerprint density at radius 2 is 2.00 bits per heavy atom. The van der Waals surface area contributed by atoms with Gasteiger partial charge in [-0.3, -0.25) is 0 Å². The molecule has 3 heterocycles. The van der Waals surface area contributed by atoms with Gasteiger partial charge in [-0.2, -0.15) is 0 Å². The highest BCUT2D eigenvalue weighted by atomic mass is 16.6. The molecule has 0 aromatic rings. The summed E-state index contributed by atoms with van der Waals surface area (Å²) in [4.78, 5) is 25.0. The first kappa shape index (κ1) is 18.4. The van der Waals surface area contributed by atoms with Crippen molar-refractivity contribution in [2.75, 3.05) is 19.7 Å². The second kappa shape index (κ2) is 6.37. The number of hydrogen-bond acceptors (Lipinski definition) is 6. The van der Waals surface area contributed by atoms with Crippen LogP contribution in [0.1, 0.15) is 40.0 Å². The van der Waals surface area contributed by atoms with Gasteiger partial charge in [0.1, 0.15) is 12.6 Å². The zero-order valence-corrected chi connectivity index (χ0v) is 15.1. The van der Waals surface area contributed by atoms with Gasteiger partial charge >= 0.3 is 11.9 Å². The first-order valence-electron chi connectivity index (χ1n) is 9.02. The lowest BCUT2D eigenvalue weighted by Gasteiger charge is -2.41. The fourth-order valence-corrected chi connectivity index (χ4v) is 4.37. The molecule has 3 aliphatic heterocycles. The van der Waals surface area contributed by atoms with E-state index in [9.17, 15) is 19.9 Å². The number of carbonyl (C=O) groups excluding carboxylic acids is 2. The van der Waals surface area contributed by atoms with Gasteiger partial charge in [-0.1, -0.05) is 13.0 Å². The minimum Gasteiger partial charge on any atom is -0.632 e. The monoisotopic (exact) mass is 353 g/mol. The number of carbonyl (C=O) groups is 2. The highest BCUT2D eigenvalue weighted by Crippen LogP contribution is 2.42.